The Balaban J connectivity index is 2.27. The van der Waals surface area contributed by atoms with Crippen molar-refractivity contribution in [3.63, 3.8) is 0 Å². The summed E-state index contributed by atoms with van der Waals surface area (Å²) >= 11 is 6.23. The fourth-order valence-electron chi connectivity index (χ4n) is 2.34. The average molecular weight is 288 g/mol. The third-order valence-corrected chi connectivity index (χ3v) is 4.10. The van der Waals surface area contributed by atoms with E-state index >= 15 is 0 Å². The first kappa shape index (κ1) is 14.6. The van der Waals surface area contributed by atoms with Crippen LogP contribution in [0.5, 0.6) is 0 Å². The van der Waals surface area contributed by atoms with Gasteiger partial charge in [0, 0.05) is 5.02 Å². The monoisotopic (exact) mass is 287 g/mol. The number of hydrogen-bond donors (Lipinski definition) is 1. The number of carbonyl (C=O) groups excluding carboxylic acids is 1. The third-order valence-electron chi connectivity index (χ3n) is 3.77. The van der Waals surface area contributed by atoms with Crippen LogP contribution >= 0.6 is 11.6 Å². The number of primary amides is 1. The van der Waals surface area contributed by atoms with Crippen molar-refractivity contribution >= 4 is 17.5 Å². The summed E-state index contributed by atoms with van der Waals surface area (Å²) < 4.78 is 0. The molecule has 1 atom stereocenters. The Kier molecular flexibility index (Phi) is 4.46. The van der Waals surface area contributed by atoms with E-state index in [1.54, 1.807) is 6.07 Å². The number of nitrogens with two attached hydrogens (primary N) is 1. The molecular weight excluding hydrogens is 270 g/mol. The normalized spacial score (nSPS) is 13.7. The largest absolute Gasteiger partial charge is 0.369 e. The van der Waals surface area contributed by atoms with Gasteiger partial charge in [-0.15, -0.1) is 0 Å². The van der Waals surface area contributed by atoms with Crippen LogP contribution in [0.25, 0.3) is 0 Å². The van der Waals surface area contributed by atoms with Gasteiger partial charge < -0.3 is 5.73 Å². The molecule has 0 radical (unpaired) electrons. The average Bonchev–Trinajstić information content (AvgIpc) is 2.46. The Labute approximate surface area is 124 Å². The SMILES string of the molecule is CC(CCc1ccccc1)(C(N)=O)c1ccccc1Cl. The van der Waals surface area contributed by atoms with Gasteiger partial charge in [0.25, 0.3) is 0 Å². The molecule has 0 heterocycles. The summed E-state index contributed by atoms with van der Waals surface area (Å²) in [5.41, 5.74) is 6.87. The van der Waals surface area contributed by atoms with Crippen LogP contribution in [0.3, 0.4) is 0 Å². The molecule has 0 fully saturated rings. The van der Waals surface area contributed by atoms with Crippen molar-refractivity contribution in [1.29, 1.82) is 0 Å². The smallest absolute Gasteiger partial charge is 0.227 e. The molecule has 2 rings (SSSR count). The highest BCUT2D eigenvalue weighted by atomic mass is 35.5. The molecule has 20 heavy (non-hydrogen) atoms. The lowest BCUT2D eigenvalue weighted by Gasteiger charge is -2.27. The van der Waals surface area contributed by atoms with E-state index in [4.69, 9.17) is 17.3 Å². The highest BCUT2D eigenvalue weighted by molar-refractivity contribution is 6.31. The van der Waals surface area contributed by atoms with E-state index in [-0.39, 0.29) is 5.91 Å². The van der Waals surface area contributed by atoms with Gasteiger partial charge >= 0.3 is 0 Å². The summed E-state index contributed by atoms with van der Waals surface area (Å²) in [4.78, 5) is 12.0. The highest BCUT2D eigenvalue weighted by Crippen LogP contribution is 2.33. The second kappa shape index (κ2) is 6.10. The molecular formula is C17H18ClNO. The van der Waals surface area contributed by atoms with Crippen molar-refractivity contribution in [3.05, 3.63) is 70.7 Å². The Morgan fingerprint density at radius 2 is 1.70 bits per heavy atom. The van der Waals surface area contributed by atoms with Crippen molar-refractivity contribution in [2.75, 3.05) is 0 Å². The van der Waals surface area contributed by atoms with Gasteiger partial charge in [-0.1, -0.05) is 60.1 Å². The predicted molar refractivity (Wildman–Crippen MR) is 82.8 cm³/mol. The molecule has 0 aromatic heterocycles. The van der Waals surface area contributed by atoms with Gasteiger partial charge in [-0.25, -0.2) is 0 Å². The number of benzene rings is 2. The molecule has 0 bridgehead atoms. The number of hydrogen-bond acceptors (Lipinski definition) is 1. The van der Waals surface area contributed by atoms with Crippen molar-refractivity contribution in [3.8, 4) is 0 Å². The maximum absolute atomic E-state index is 12.0. The molecule has 1 amide bonds. The second-order valence-corrected chi connectivity index (χ2v) is 5.57. The van der Waals surface area contributed by atoms with Crippen LogP contribution in [-0.4, -0.2) is 5.91 Å². The van der Waals surface area contributed by atoms with E-state index in [2.05, 4.69) is 0 Å². The fraction of sp³-hybridized carbons (Fsp3) is 0.235. The minimum Gasteiger partial charge on any atom is -0.369 e. The maximum Gasteiger partial charge on any atom is 0.227 e. The van der Waals surface area contributed by atoms with Crippen molar-refractivity contribution in [2.24, 2.45) is 5.73 Å². The number of aryl methyl sites for hydroxylation is 1. The number of halogens is 1. The van der Waals surface area contributed by atoms with Crippen LogP contribution in [0.15, 0.2) is 54.6 Å². The van der Waals surface area contributed by atoms with E-state index < -0.39 is 5.41 Å². The summed E-state index contributed by atoms with van der Waals surface area (Å²) in [7, 11) is 0. The van der Waals surface area contributed by atoms with E-state index in [9.17, 15) is 4.79 Å². The second-order valence-electron chi connectivity index (χ2n) is 5.16. The minimum atomic E-state index is -0.756. The quantitative estimate of drug-likeness (QED) is 0.895. The van der Waals surface area contributed by atoms with Gasteiger partial charge in [0.15, 0.2) is 0 Å². The van der Waals surface area contributed by atoms with E-state index in [0.29, 0.717) is 11.4 Å². The minimum absolute atomic E-state index is 0.346. The van der Waals surface area contributed by atoms with Crippen molar-refractivity contribution in [1.82, 2.24) is 0 Å². The molecule has 0 saturated heterocycles. The summed E-state index contributed by atoms with van der Waals surface area (Å²) in [6.45, 7) is 1.86. The molecule has 2 N–H and O–H groups in total. The van der Waals surface area contributed by atoms with Crippen LogP contribution in [0.2, 0.25) is 5.02 Å². The molecule has 0 spiro atoms. The zero-order valence-electron chi connectivity index (χ0n) is 11.5. The van der Waals surface area contributed by atoms with Gasteiger partial charge in [-0.05, 0) is 37.0 Å². The Morgan fingerprint density at radius 3 is 2.30 bits per heavy atom. The Morgan fingerprint density at radius 1 is 1.10 bits per heavy atom. The molecule has 0 aliphatic rings. The van der Waals surface area contributed by atoms with E-state index in [1.807, 2.05) is 55.5 Å². The van der Waals surface area contributed by atoms with Crippen molar-refractivity contribution in [2.45, 2.75) is 25.2 Å². The van der Waals surface area contributed by atoms with E-state index in [1.165, 1.54) is 5.56 Å². The highest BCUT2D eigenvalue weighted by Gasteiger charge is 2.34. The number of carbonyl (C=O) groups is 1. The lowest BCUT2D eigenvalue weighted by atomic mass is 9.77. The predicted octanol–water partition coefficient (Wildman–Crippen LogP) is 3.72. The zero-order valence-corrected chi connectivity index (χ0v) is 12.2. The zero-order chi connectivity index (χ0) is 14.6. The van der Waals surface area contributed by atoms with Crippen LogP contribution in [0.1, 0.15) is 24.5 Å². The lowest BCUT2D eigenvalue weighted by molar-refractivity contribution is -0.123. The van der Waals surface area contributed by atoms with Crippen LogP contribution in [0.4, 0.5) is 0 Å². The van der Waals surface area contributed by atoms with Gasteiger partial charge in [-0.2, -0.15) is 0 Å². The maximum atomic E-state index is 12.0. The molecule has 2 aromatic rings. The first-order chi connectivity index (χ1) is 9.54. The first-order valence-corrected chi connectivity index (χ1v) is 7.00. The Bertz CT molecular complexity index is 597. The van der Waals surface area contributed by atoms with Gasteiger partial charge in [0.05, 0.1) is 5.41 Å². The van der Waals surface area contributed by atoms with Crippen molar-refractivity contribution < 1.29 is 4.79 Å². The van der Waals surface area contributed by atoms with Gasteiger partial charge in [0.1, 0.15) is 0 Å². The summed E-state index contributed by atoms with van der Waals surface area (Å²) in [6.07, 6.45) is 1.42. The molecule has 104 valence electrons. The Hall–Kier alpha value is -1.80. The first-order valence-electron chi connectivity index (χ1n) is 6.63. The number of amides is 1. The molecule has 0 saturated carbocycles. The standard InChI is InChI=1S/C17H18ClNO/c1-17(16(19)20,14-9-5-6-10-15(14)18)12-11-13-7-3-2-4-8-13/h2-10H,11-12H2,1H3,(H2,19,20). The lowest BCUT2D eigenvalue weighted by Crippen LogP contribution is -2.39. The third kappa shape index (κ3) is 3.02. The topological polar surface area (TPSA) is 43.1 Å². The van der Waals surface area contributed by atoms with Crippen LogP contribution in [-0.2, 0) is 16.6 Å². The molecule has 2 aromatic carbocycles. The molecule has 0 aliphatic carbocycles. The van der Waals surface area contributed by atoms with Crippen LogP contribution in [0, 0.1) is 0 Å². The summed E-state index contributed by atoms with van der Waals surface area (Å²) in [5, 5.41) is 0.585. The summed E-state index contributed by atoms with van der Waals surface area (Å²) in [5.74, 6) is -0.346. The van der Waals surface area contributed by atoms with Gasteiger partial charge in [0.2, 0.25) is 5.91 Å². The molecule has 2 nitrogen and oxygen atoms in total. The molecule has 0 aliphatic heterocycles. The fourth-order valence-corrected chi connectivity index (χ4v) is 2.68. The summed E-state index contributed by atoms with van der Waals surface area (Å²) in [6, 6.07) is 17.5. The van der Waals surface area contributed by atoms with E-state index in [0.717, 1.165) is 12.0 Å². The number of rotatable bonds is 5. The van der Waals surface area contributed by atoms with Gasteiger partial charge in [-0.3, -0.25) is 4.79 Å². The molecule has 3 heteroatoms. The molecule has 1 unspecified atom stereocenters. The van der Waals surface area contributed by atoms with Crippen LogP contribution < -0.4 is 5.73 Å².